The number of hydrogen-bond donors (Lipinski definition) is 2. The lowest BCUT2D eigenvalue weighted by Gasteiger charge is -2.34. The molecule has 0 aromatic heterocycles. The van der Waals surface area contributed by atoms with Gasteiger partial charge in [0.2, 0.25) is 0 Å². The molecule has 146 valence electrons. The molecular formula is C22H29ClN2O2. The first-order valence-corrected chi connectivity index (χ1v) is 9.36. The summed E-state index contributed by atoms with van der Waals surface area (Å²) in [6, 6.07) is 18.1. The Hall–Kier alpha value is -2.04. The van der Waals surface area contributed by atoms with E-state index >= 15 is 0 Å². The van der Waals surface area contributed by atoms with E-state index in [-0.39, 0.29) is 23.7 Å². The van der Waals surface area contributed by atoms with Crippen molar-refractivity contribution in [3.8, 4) is 16.9 Å². The molecule has 1 saturated heterocycles. The molecule has 0 aliphatic carbocycles. The summed E-state index contributed by atoms with van der Waals surface area (Å²) < 4.78 is 5.82. The maximum Gasteiger partial charge on any atom is 0.260 e. The van der Waals surface area contributed by atoms with Gasteiger partial charge in [0, 0.05) is 6.54 Å². The van der Waals surface area contributed by atoms with Crippen molar-refractivity contribution < 1.29 is 9.53 Å². The lowest BCUT2D eigenvalue weighted by Crippen LogP contribution is -2.45. The zero-order chi connectivity index (χ0) is 18.4. The van der Waals surface area contributed by atoms with Gasteiger partial charge in [-0.15, -0.1) is 12.4 Å². The van der Waals surface area contributed by atoms with E-state index in [1.54, 1.807) is 6.92 Å². The lowest BCUT2D eigenvalue weighted by molar-refractivity contribution is -0.127. The maximum atomic E-state index is 12.4. The van der Waals surface area contributed by atoms with Gasteiger partial charge in [-0.05, 0) is 61.5 Å². The smallest absolute Gasteiger partial charge is 0.260 e. The van der Waals surface area contributed by atoms with E-state index in [4.69, 9.17) is 4.74 Å². The molecule has 27 heavy (non-hydrogen) atoms. The number of piperidine rings is 1. The fourth-order valence-corrected chi connectivity index (χ4v) is 3.27. The third kappa shape index (κ3) is 5.98. The first kappa shape index (κ1) is 21.3. The SMILES string of the molecule is CC(Oc1ccc(-c2ccccc2)cc1)C(=O)NCC1(C)CCNCC1.Cl. The Bertz CT molecular complexity index is 713. The molecule has 0 bridgehead atoms. The Morgan fingerprint density at radius 2 is 1.67 bits per heavy atom. The molecule has 4 nitrogen and oxygen atoms in total. The van der Waals surface area contributed by atoms with Crippen molar-refractivity contribution >= 4 is 18.3 Å². The molecule has 0 radical (unpaired) electrons. The Kier molecular flexibility index (Phi) is 7.69. The van der Waals surface area contributed by atoms with Gasteiger partial charge in [-0.25, -0.2) is 0 Å². The van der Waals surface area contributed by atoms with Crippen LogP contribution in [-0.4, -0.2) is 31.6 Å². The van der Waals surface area contributed by atoms with Crippen LogP contribution in [0.5, 0.6) is 5.75 Å². The Labute approximate surface area is 168 Å². The number of nitrogens with one attached hydrogen (secondary N) is 2. The molecule has 3 rings (SSSR count). The predicted molar refractivity (Wildman–Crippen MR) is 112 cm³/mol. The summed E-state index contributed by atoms with van der Waals surface area (Å²) >= 11 is 0. The van der Waals surface area contributed by atoms with E-state index in [9.17, 15) is 4.79 Å². The third-order valence-electron chi connectivity index (χ3n) is 5.14. The second-order valence-electron chi connectivity index (χ2n) is 7.43. The summed E-state index contributed by atoms with van der Waals surface area (Å²) in [5, 5.41) is 6.42. The first-order chi connectivity index (χ1) is 12.6. The van der Waals surface area contributed by atoms with Crippen LogP contribution in [-0.2, 0) is 4.79 Å². The van der Waals surface area contributed by atoms with Gasteiger partial charge >= 0.3 is 0 Å². The van der Waals surface area contributed by atoms with Crippen molar-refractivity contribution in [3.05, 3.63) is 54.6 Å². The molecule has 1 amide bonds. The highest BCUT2D eigenvalue weighted by Gasteiger charge is 2.28. The van der Waals surface area contributed by atoms with Crippen LogP contribution in [0.25, 0.3) is 11.1 Å². The topological polar surface area (TPSA) is 50.4 Å². The summed E-state index contributed by atoms with van der Waals surface area (Å²) in [4.78, 5) is 12.4. The maximum absolute atomic E-state index is 12.4. The normalized spacial score (nSPS) is 16.7. The number of carbonyl (C=O) groups is 1. The number of hydrogen-bond acceptors (Lipinski definition) is 3. The molecule has 2 aromatic carbocycles. The molecule has 2 aromatic rings. The van der Waals surface area contributed by atoms with E-state index in [0.29, 0.717) is 12.3 Å². The zero-order valence-corrected chi connectivity index (χ0v) is 16.9. The number of ether oxygens (including phenoxy) is 1. The lowest BCUT2D eigenvalue weighted by atomic mass is 9.81. The average molecular weight is 389 g/mol. The van der Waals surface area contributed by atoms with E-state index in [2.05, 4.69) is 29.7 Å². The van der Waals surface area contributed by atoms with E-state index < -0.39 is 6.10 Å². The van der Waals surface area contributed by atoms with Gasteiger partial charge in [0.1, 0.15) is 5.75 Å². The highest BCUT2D eigenvalue weighted by molar-refractivity contribution is 5.85. The number of carbonyl (C=O) groups excluding carboxylic acids is 1. The predicted octanol–water partition coefficient (Wildman–Crippen LogP) is 4.05. The van der Waals surface area contributed by atoms with E-state index in [1.807, 2.05) is 42.5 Å². The van der Waals surface area contributed by atoms with Gasteiger partial charge < -0.3 is 15.4 Å². The Morgan fingerprint density at radius 3 is 2.30 bits per heavy atom. The second-order valence-corrected chi connectivity index (χ2v) is 7.43. The molecule has 0 saturated carbocycles. The number of rotatable bonds is 6. The fraction of sp³-hybridized carbons (Fsp3) is 0.409. The van der Waals surface area contributed by atoms with Crippen LogP contribution in [0.4, 0.5) is 0 Å². The number of halogens is 1. The molecular weight excluding hydrogens is 360 g/mol. The van der Waals surface area contributed by atoms with Crippen molar-refractivity contribution in [2.75, 3.05) is 19.6 Å². The number of benzene rings is 2. The Morgan fingerprint density at radius 1 is 1.07 bits per heavy atom. The summed E-state index contributed by atoms with van der Waals surface area (Å²) in [6.45, 7) is 6.78. The standard InChI is InChI=1S/C22H28N2O2.ClH/c1-17(21(25)24-16-22(2)12-14-23-15-13-22)26-20-10-8-19(9-11-20)18-6-4-3-5-7-18;/h3-11,17,23H,12-16H2,1-2H3,(H,24,25);1H. The van der Waals surface area contributed by atoms with Crippen LogP contribution in [0.15, 0.2) is 54.6 Å². The molecule has 2 N–H and O–H groups in total. The molecule has 1 heterocycles. The van der Waals surface area contributed by atoms with Crippen LogP contribution in [0.2, 0.25) is 0 Å². The van der Waals surface area contributed by atoms with E-state index in [0.717, 1.165) is 31.5 Å². The van der Waals surface area contributed by atoms with Crippen molar-refractivity contribution in [2.45, 2.75) is 32.8 Å². The van der Waals surface area contributed by atoms with E-state index in [1.165, 1.54) is 5.56 Å². The van der Waals surface area contributed by atoms with Crippen molar-refractivity contribution in [1.82, 2.24) is 10.6 Å². The highest BCUT2D eigenvalue weighted by atomic mass is 35.5. The first-order valence-electron chi connectivity index (χ1n) is 9.36. The summed E-state index contributed by atoms with van der Waals surface area (Å²) in [6.07, 6.45) is 1.66. The van der Waals surface area contributed by atoms with Crippen LogP contribution >= 0.6 is 12.4 Å². The number of amides is 1. The minimum absolute atomic E-state index is 0. The summed E-state index contributed by atoms with van der Waals surface area (Å²) in [5.41, 5.74) is 2.48. The van der Waals surface area contributed by atoms with Gasteiger partial charge in [-0.2, -0.15) is 0 Å². The molecule has 1 aliphatic heterocycles. The quantitative estimate of drug-likeness (QED) is 0.784. The van der Waals surface area contributed by atoms with Crippen molar-refractivity contribution in [1.29, 1.82) is 0 Å². The minimum atomic E-state index is -0.511. The third-order valence-corrected chi connectivity index (χ3v) is 5.14. The highest BCUT2D eigenvalue weighted by Crippen LogP contribution is 2.27. The van der Waals surface area contributed by atoms with Crippen LogP contribution < -0.4 is 15.4 Å². The van der Waals surface area contributed by atoms with Gasteiger partial charge in [0.15, 0.2) is 6.10 Å². The van der Waals surface area contributed by atoms with Gasteiger partial charge in [-0.1, -0.05) is 49.4 Å². The molecule has 1 unspecified atom stereocenters. The largest absolute Gasteiger partial charge is 0.481 e. The van der Waals surface area contributed by atoms with Gasteiger partial charge in [0.05, 0.1) is 0 Å². The zero-order valence-electron chi connectivity index (χ0n) is 16.0. The minimum Gasteiger partial charge on any atom is -0.481 e. The molecule has 0 spiro atoms. The fourth-order valence-electron chi connectivity index (χ4n) is 3.27. The molecule has 1 atom stereocenters. The van der Waals surface area contributed by atoms with Crippen LogP contribution in [0.1, 0.15) is 26.7 Å². The van der Waals surface area contributed by atoms with Crippen LogP contribution in [0.3, 0.4) is 0 Å². The molecule has 1 aliphatic rings. The summed E-state index contributed by atoms with van der Waals surface area (Å²) in [5.74, 6) is 0.650. The monoisotopic (exact) mass is 388 g/mol. The average Bonchev–Trinajstić information content (AvgIpc) is 2.68. The Balaban J connectivity index is 0.00000261. The van der Waals surface area contributed by atoms with Gasteiger partial charge in [0.25, 0.3) is 5.91 Å². The van der Waals surface area contributed by atoms with Crippen LogP contribution in [0, 0.1) is 5.41 Å². The van der Waals surface area contributed by atoms with Crippen molar-refractivity contribution in [3.63, 3.8) is 0 Å². The van der Waals surface area contributed by atoms with Crippen molar-refractivity contribution in [2.24, 2.45) is 5.41 Å². The molecule has 1 fully saturated rings. The molecule has 5 heteroatoms. The summed E-state index contributed by atoms with van der Waals surface area (Å²) in [7, 11) is 0. The van der Waals surface area contributed by atoms with Gasteiger partial charge in [-0.3, -0.25) is 4.79 Å². The second kappa shape index (κ2) is 9.77.